The van der Waals surface area contributed by atoms with Gasteiger partial charge in [0.2, 0.25) is 5.91 Å². The van der Waals surface area contributed by atoms with Crippen molar-refractivity contribution in [2.75, 3.05) is 0 Å². The van der Waals surface area contributed by atoms with Crippen molar-refractivity contribution in [3.05, 3.63) is 11.5 Å². The van der Waals surface area contributed by atoms with Crippen LogP contribution in [0.3, 0.4) is 0 Å². The highest BCUT2D eigenvalue weighted by atomic mass is 32.2. The molecule has 1 amide bonds. The number of hydrogen-bond donors (Lipinski definition) is 1. The Bertz CT molecular complexity index is 300. The van der Waals surface area contributed by atoms with E-state index < -0.39 is 12.0 Å². The summed E-state index contributed by atoms with van der Waals surface area (Å²) in [5, 5.41) is 8.87. The molecule has 4 nitrogen and oxygen atoms in total. The Balaban J connectivity index is 2.19. The van der Waals surface area contributed by atoms with Gasteiger partial charge in [0.1, 0.15) is 6.04 Å². The van der Waals surface area contributed by atoms with Gasteiger partial charge in [-0.25, -0.2) is 4.79 Å². The molecule has 2 rings (SSSR count). The van der Waals surface area contributed by atoms with Crippen LogP contribution in [0.1, 0.15) is 12.8 Å². The Morgan fingerprint density at radius 1 is 1.62 bits per heavy atom. The molecule has 1 unspecified atom stereocenters. The van der Waals surface area contributed by atoms with Gasteiger partial charge >= 0.3 is 5.97 Å². The number of thioether (sulfide) groups is 1. The van der Waals surface area contributed by atoms with Crippen LogP contribution in [0.25, 0.3) is 0 Å². The predicted octanol–water partition coefficient (Wildman–Crippen LogP) is 0.649. The summed E-state index contributed by atoms with van der Waals surface area (Å²) in [5.41, 5.74) is 0. The molecule has 2 aliphatic heterocycles. The first-order valence-electron chi connectivity index (χ1n) is 3.98. The van der Waals surface area contributed by atoms with Crippen LogP contribution in [0.15, 0.2) is 11.5 Å². The molecule has 0 aliphatic carbocycles. The third kappa shape index (κ3) is 1.23. The maximum atomic E-state index is 11.1. The summed E-state index contributed by atoms with van der Waals surface area (Å²) in [5.74, 6) is -0.989. The van der Waals surface area contributed by atoms with Gasteiger partial charge in [0.25, 0.3) is 0 Å². The van der Waals surface area contributed by atoms with E-state index in [1.54, 1.807) is 0 Å². The molecule has 2 fully saturated rings. The van der Waals surface area contributed by atoms with Crippen molar-refractivity contribution in [1.82, 2.24) is 4.90 Å². The molecule has 0 aromatic rings. The molecule has 0 aromatic carbocycles. The maximum Gasteiger partial charge on any atom is 0.326 e. The number of hydrogen-bond acceptors (Lipinski definition) is 3. The van der Waals surface area contributed by atoms with Gasteiger partial charge in [0.15, 0.2) is 0 Å². The number of amides is 1. The summed E-state index contributed by atoms with van der Waals surface area (Å²) in [6, 6.07) is -0.681. The monoisotopic (exact) mass is 199 g/mol. The molecule has 13 heavy (non-hydrogen) atoms. The van der Waals surface area contributed by atoms with Crippen LogP contribution < -0.4 is 0 Å². The average molecular weight is 199 g/mol. The minimum atomic E-state index is -0.931. The Kier molecular flexibility index (Phi) is 1.83. The molecule has 0 saturated carbocycles. The van der Waals surface area contributed by atoms with Gasteiger partial charge in [0.05, 0.1) is 11.8 Å². The van der Waals surface area contributed by atoms with E-state index in [-0.39, 0.29) is 11.3 Å². The number of β-lactam (4-membered cyclic amide) rings is 1. The van der Waals surface area contributed by atoms with E-state index in [0.29, 0.717) is 12.8 Å². The molecular weight excluding hydrogens is 190 g/mol. The highest BCUT2D eigenvalue weighted by molar-refractivity contribution is 8.03. The highest BCUT2D eigenvalue weighted by Gasteiger charge is 2.47. The zero-order valence-corrected chi connectivity index (χ0v) is 7.71. The Morgan fingerprint density at radius 3 is 2.85 bits per heavy atom. The summed E-state index contributed by atoms with van der Waals surface area (Å²) in [6.07, 6.45) is 0.829. The molecule has 0 bridgehead atoms. The minimum absolute atomic E-state index is 0.0230. The first-order valence-corrected chi connectivity index (χ1v) is 4.86. The van der Waals surface area contributed by atoms with Gasteiger partial charge in [-0.1, -0.05) is 6.58 Å². The number of aliphatic carboxylic acids is 1. The number of fused-ring (bicyclic) bond motifs is 1. The molecule has 0 radical (unpaired) electrons. The molecule has 2 aliphatic rings. The smallest absolute Gasteiger partial charge is 0.326 e. The summed E-state index contributed by atoms with van der Waals surface area (Å²) >= 11 is 1.51. The molecule has 5 heteroatoms. The van der Waals surface area contributed by atoms with Crippen LogP contribution in [-0.4, -0.2) is 33.3 Å². The van der Waals surface area contributed by atoms with Crippen LogP contribution in [-0.2, 0) is 9.59 Å². The molecular formula is C8H9NO3S. The lowest BCUT2D eigenvalue weighted by molar-refractivity contribution is -0.158. The standard InChI is InChI=1S/C8H9NO3S/c1-4-2-5(8(11)12)9-6(10)3-7(9)13-4/h5,7H,1-3H2,(H,11,12)/t5?,7-/m1/s1. The molecule has 2 atom stereocenters. The molecule has 1 N–H and O–H groups in total. The van der Waals surface area contributed by atoms with Crippen LogP contribution in [0.2, 0.25) is 0 Å². The Labute approximate surface area is 79.6 Å². The highest BCUT2D eigenvalue weighted by Crippen LogP contribution is 2.42. The van der Waals surface area contributed by atoms with E-state index in [4.69, 9.17) is 5.11 Å². The number of carbonyl (C=O) groups is 2. The minimum Gasteiger partial charge on any atom is -0.480 e. The Hall–Kier alpha value is -0.970. The third-order valence-corrected chi connectivity index (χ3v) is 3.46. The Morgan fingerprint density at radius 2 is 2.31 bits per heavy atom. The SMILES string of the molecule is C=C1CC(C(=O)O)N2C(=O)C[C@H]2S1. The maximum absolute atomic E-state index is 11.1. The first kappa shape index (κ1) is 8.62. The number of carbonyl (C=O) groups excluding carboxylic acids is 1. The zero-order valence-electron chi connectivity index (χ0n) is 6.90. The number of carboxylic acid groups (broad SMARTS) is 1. The fourth-order valence-electron chi connectivity index (χ4n) is 1.64. The van der Waals surface area contributed by atoms with Crippen molar-refractivity contribution in [3.63, 3.8) is 0 Å². The summed E-state index contributed by atoms with van der Waals surface area (Å²) in [6.45, 7) is 3.75. The lowest BCUT2D eigenvalue weighted by atomic mass is 10.1. The number of carboxylic acids is 1. The van der Waals surface area contributed by atoms with Gasteiger partial charge < -0.3 is 10.0 Å². The van der Waals surface area contributed by atoms with Crippen molar-refractivity contribution in [2.24, 2.45) is 0 Å². The van der Waals surface area contributed by atoms with E-state index in [9.17, 15) is 9.59 Å². The molecule has 2 saturated heterocycles. The summed E-state index contributed by atoms with van der Waals surface area (Å²) in [4.78, 5) is 24.2. The van der Waals surface area contributed by atoms with E-state index in [2.05, 4.69) is 6.58 Å². The predicted molar refractivity (Wildman–Crippen MR) is 48.0 cm³/mol. The van der Waals surface area contributed by atoms with Crippen LogP contribution in [0.5, 0.6) is 0 Å². The fourth-order valence-corrected chi connectivity index (χ4v) is 2.88. The van der Waals surface area contributed by atoms with Crippen molar-refractivity contribution in [3.8, 4) is 0 Å². The lowest BCUT2D eigenvalue weighted by Gasteiger charge is -2.47. The lowest BCUT2D eigenvalue weighted by Crippen LogP contribution is -2.60. The molecule has 0 aromatic heterocycles. The van der Waals surface area contributed by atoms with Crippen molar-refractivity contribution in [2.45, 2.75) is 24.3 Å². The molecule has 2 heterocycles. The van der Waals surface area contributed by atoms with E-state index in [1.807, 2.05) is 0 Å². The van der Waals surface area contributed by atoms with Crippen LogP contribution >= 0.6 is 11.8 Å². The normalized spacial score (nSPS) is 32.5. The second-order valence-corrected chi connectivity index (χ2v) is 4.53. The van der Waals surface area contributed by atoms with Crippen LogP contribution in [0, 0.1) is 0 Å². The second kappa shape index (κ2) is 2.77. The van der Waals surface area contributed by atoms with Gasteiger partial charge in [-0.2, -0.15) is 0 Å². The topological polar surface area (TPSA) is 57.6 Å². The van der Waals surface area contributed by atoms with Gasteiger partial charge in [-0.3, -0.25) is 4.79 Å². The quantitative estimate of drug-likeness (QED) is 0.630. The third-order valence-electron chi connectivity index (χ3n) is 2.29. The van der Waals surface area contributed by atoms with Crippen molar-refractivity contribution in [1.29, 1.82) is 0 Å². The van der Waals surface area contributed by atoms with Gasteiger partial charge in [-0.05, 0) is 4.91 Å². The van der Waals surface area contributed by atoms with Gasteiger partial charge in [-0.15, -0.1) is 11.8 Å². The fraction of sp³-hybridized carbons (Fsp3) is 0.500. The first-order chi connectivity index (χ1) is 6.09. The van der Waals surface area contributed by atoms with Crippen molar-refractivity contribution >= 4 is 23.6 Å². The van der Waals surface area contributed by atoms with Crippen LogP contribution in [0.4, 0.5) is 0 Å². The molecule has 70 valence electrons. The largest absolute Gasteiger partial charge is 0.480 e. The average Bonchev–Trinajstić information content (AvgIpc) is 2.01. The summed E-state index contributed by atoms with van der Waals surface area (Å²) in [7, 11) is 0. The van der Waals surface area contributed by atoms with Crippen molar-refractivity contribution < 1.29 is 14.7 Å². The van der Waals surface area contributed by atoms with E-state index in [0.717, 1.165) is 4.91 Å². The summed E-state index contributed by atoms with van der Waals surface area (Å²) < 4.78 is 0. The zero-order chi connectivity index (χ0) is 9.59. The van der Waals surface area contributed by atoms with Gasteiger partial charge in [0, 0.05) is 6.42 Å². The van der Waals surface area contributed by atoms with E-state index in [1.165, 1.54) is 16.7 Å². The number of nitrogens with zero attached hydrogens (tertiary/aromatic N) is 1. The molecule has 0 spiro atoms. The van der Waals surface area contributed by atoms with E-state index >= 15 is 0 Å². The second-order valence-electron chi connectivity index (χ2n) is 3.17. The number of rotatable bonds is 1.